The van der Waals surface area contributed by atoms with Crippen molar-refractivity contribution in [1.82, 2.24) is 9.13 Å². The SMILES string of the molecule is Cc1c(C)n(-c2ccc(F)[c-]c2F)c2ccccc12.Cc1c(C)n(-c2ccc(F)[c-]c2F)c2ccccc12.[Ti+4].c1cc[cH-]c1.c1cc[cH-]c1. The summed E-state index contributed by atoms with van der Waals surface area (Å²) < 4.78 is 57.4. The van der Waals surface area contributed by atoms with Crippen molar-refractivity contribution < 1.29 is 39.3 Å². The van der Waals surface area contributed by atoms with Crippen LogP contribution in [0.15, 0.2) is 133 Å². The number of hydrogen-bond donors (Lipinski definition) is 0. The van der Waals surface area contributed by atoms with Gasteiger partial charge in [-0.2, -0.15) is 36.4 Å². The Bertz CT molecular complexity index is 2030. The van der Waals surface area contributed by atoms with E-state index in [1.165, 1.54) is 24.3 Å². The molecular formula is C42H34F4N2Ti. The fourth-order valence-electron chi connectivity index (χ4n) is 5.54. The quantitative estimate of drug-likeness (QED) is 0.0971. The Kier molecular flexibility index (Phi) is 12.8. The van der Waals surface area contributed by atoms with Gasteiger partial charge in [-0.05, 0) is 62.3 Å². The summed E-state index contributed by atoms with van der Waals surface area (Å²) in [7, 11) is 0. The normalized spacial score (nSPS) is 10.3. The van der Waals surface area contributed by atoms with Gasteiger partial charge in [-0.3, -0.25) is 0 Å². The molecule has 8 rings (SSSR count). The second-order valence-corrected chi connectivity index (χ2v) is 11.1. The number of para-hydroxylation sites is 2. The van der Waals surface area contributed by atoms with E-state index in [2.05, 4.69) is 12.1 Å². The molecule has 0 N–H and O–H groups in total. The van der Waals surface area contributed by atoms with Gasteiger partial charge >= 0.3 is 21.7 Å². The predicted molar refractivity (Wildman–Crippen MR) is 187 cm³/mol. The molecule has 0 saturated heterocycles. The summed E-state index contributed by atoms with van der Waals surface area (Å²) >= 11 is 0. The number of benzene rings is 4. The molecule has 0 fully saturated rings. The fraction of sp³-hybridized carbons (Fsp3) is 0.0952. The van der Waals surface area contributed by atoms with E-state index in [0.717, 1.165) is 44.3 Å². The van der Waals surface area contributed by atoms with E-state index >= 15 is 0 Å². The summed E-state index contributed by atoms with van der Waals surface area (Å²) in [4.78, 5) is 0. The summed E-state index contributed by atoms with van der Waals surface area (Å²) in [6.07, 6.45) is 0. The van der Waals surface area contributed by atoms with Crippen LogP contribution in [-0.2, 0) is 21.7 Å². The predicted octanol–water partition coefficient (Wildman–Crippen LogP) is 11.5. The third-order valence-corrected chi connectivity index (χ3v) is 8.13. The summed E-state index contributed by atoms with van der Waals surface area (Å²) in [5, 5.41) is 2.15. The standard InChI is InChI=1S/2C16H12F2N.2C5H5.Ti/c2*1-10-11(2)19(15-6-4-3-5-13(10)15)16-8-7-12(17)9-14(16)18;2*1-2-4-5-3-1;/h2*3-8H,1-2H3;2*1-5H;/q4*-1;+4. The smallest absolute Gasteiger partial charge is 0.366 e. The molecule has 0 bridgehead atoms. The minimum Gasteiger partial charge on any atom is -0.366 e. The number of halogens is 4. The van der Waals surface area contributed by atoms with Gasteiger partial charge < -0.3 is 9.13 Å². The number of fused-ring (bicyclic) bond motifs is 2. The summed E-state index contributed by atoms with van der Waals surface area (Å²) in [6, 6.07) is 45.1. The number of aromatic nitrogens is 2. The first-order chi connectivity index (χ1) is 23.2. The van der Waals surface area contributed by atoms with Crippen molar-refractivity contribution in [3.05, 3.63) is 191 Å². The van der Waals surface area contributed by atoms with Crippen molar-refractivity contribution in [2.45, 2.75) is 27.7 Å². The molecule has 6 aromatic carbocycles. The summed E-state index contributed by atoms with van der Waals surface area (Å²) in [6.45, 7) is 7.86. The molecule has 0 unspecified atom stereocenters. The zero-order valence-electron chi connectivity index (χ0n) is 27.6. The van der Waals surface area contributed by atoms with Gasteiger partial charge in [0.1, 0.15) is 0 Å². The van der Waals surface area contributed by atoms with Crippen LogP contribution < -0.4 is 0 Å². The van der Waals surface area contributed by atoms with Gasteiger partial charge in [0, 0.05) is 56.5 Å². The van der Waals surface area contributed by atoms with Crippen LogP contribution in [-0.4, -0.2) is 9.13 Å². The van der Waals surface area contributed by atoms with Crippen LogP contribution in [0.4, 0.5) is 17.6 Å². The monoisotopic (exact) mass is 690 g/mol. The Balaban J connectivity index is 0.000000169. The van der Waals surface area contributed by atoms with Crippen LogP contribution >= 0.6 is 0 Å². The molecule has 0 radical (unpaired) electrons. The van der Waals surface area contributed by atoms with Crippen LogP contribution in [0, 0.1) is 63.1 Å². The first-order valence-electron chi connectivity index (χ1n) is 15.4. The van der Waals surface area contributed by atoms with Crippen molar-refractivity contribution in [3.63, 3.8) is 0 Å². The van der Waals surface area contributed by atoms with E-state index in [1.807, 2.05) is 137 Å². The van der Waals surface area contributed by atoms with E-state index in [0.29, 0.717) is 11.4 Å². The Morgan fingerprint density at radius 1 is 0.469 bits per heavy atom. The van der Waals surface area contributed by atoms with Gasteiger partial charge in [-0.15, -0.1) is 36.4 Å². The summed E-state index contributed by atoms with van der Waals surface area (Å²) in [5.74, 6) is -2.73. The fourth-order valence-corrected chi connectivity index (χ4v) is 5.54. The Labute approximate surface area is 299 Å². The second kappa shape index (κ2) is 17.0. The molecule has 0 aliphatic carbocycles. The summed E-state index contributed by atoms with van der Waals surface area (Å²) in [5.41, 5.74) is 6.55. The van der Waals surface area contributed by atoms with E-state index in [1.54, 1.807) is 9.13 Å². The van der Waals surface area contributed by atoms with Crippen LogP contribution in [0.3, 0.4) is 0 Å². The van der Waals surface area contributed by atoms with E-state index in [4.69, 9.17) is 0 Å². The average molecular weight is 691 g/mol. The Hall–Kier alpha value is -4.91. The van der Waals surface area contributed by atoms with Gasteiger partial charge in [-0.25, -0.2) is 41.8 Å². The van der Waals surface area contributed by atoms with Crippen molar-refractivity contribution in [1.29, 1.82) is 0 Å². The van der Waals surface area contributed by atoms with E-state index < -0.39 is 23.3 Å². The van der Waals surface area contributed by atoms with E-state index in [-0.39, 0.29) is 21.7 Å². The minimum atomic E-state index is -0.688. The Morgan fingerprint density at radius 3 is 1.12 bits per heavy atom. The van der Waals surface area contributed by atoms with Gasteiger partial charge in [-0.1, -0.05) is 36.4 Å². The number of nitrogens with zero attached hydrogens (tertiary/aromatic N) is 2. The zero-order chi connectivity index (χ0) is 34.2. The molecule has 0 amide bonds. The maximum atomic E-state index is 13.9. The van der Waals surface area contributed by atoms with Crippen molar-refractivity contribution in [2.24, 2.45) is 0 Å². The molecule has 244 valence electrons. The number of rotatable bonds is 2. The first-order valence-corrected chi connectivity index (χ1v) is 15.4. The third kappa shape index (κ3) is 8.40. The van der Waals surface area contributed by atoms with Crippen molar-refractivity contribution in [3.8, 4) is 11.4 Å². The van der Waals surface area contributed by atoms with Crippen molar-refractivity contribution >= 4 is 21.8 Å². The van der Waals surface area contributed by atoms with Gasteiger partial charge in [0.05, 0.1) is 0 Å². The largest absolute Gasteiger partial charge is 4.00 e. The molecule has 0 spiro atoms. The third-order valence-electron chi connectivity index (χ3n) is 8.13. The molecule has 0 atom stereocenters. The van der Waals surface area contributed by atoms with Crippen LogP contribution in [0.25, 0.3) is 33.2 Å². The van der Waals surface area contributed by atoms with Crippen molar-refractivity contribution in [2.75, 3.05) is 0 Å². The molecule has 49 heavy (non-hydrogen) atoms. The van der Waals surface area contributed by atoms with E-state index in [9.17, 15) is 17.6 Å². The molecule has 0 saturated carbocycles. The second-order valence-electron chi connectivity index (χ2n) is 11.1. The molecule has 7 heteroatoms. The molecule has 0 aliphatic rings. The average Bonchev–Trinajstić information content (AvgIpc) is 3.92. The first kappa shape index (κ1) is 36.9. The molecule has 8 aromatic rings. The number of aryl methyl sites for hydroxylation is 2. The maximum Gasteiger partial charge on any atom is 4.00 e. The molecular weight excluding hydrogens is 656 g/mol. The van der Waals surface area contributed by atoms with Crippen LogP contribution in [0.5, 0.6) is 0 Å². The molecule has 2 heterocycles. The Morgan fingerprint density at radius 2 is 0.816 bits per heavy atom. The molecule has 2 aromatic heterocycles. The van der Waals surface area contributed by atoms with Gasteiger partial charge in [0.2, 0.25) is 0 Å². The van der Waals surface area contributed by atoms with Crippen LogP contribution in [0.1, 0.15) is 22.5 Å². The molecule has 2 nitrogen and oxygen atoms in total. The van der Waals surface area contributed by atoms with Gasteiger partial charge in [0.25, 0.3) is 0 Å². The zero-order valence-corrected chi connectivity index (χ0v) is 29.2. The van der Waals surface area contributed by atoms with Gasteiger partial charge in [0.15, 0.2) is 0 Å². The number of hydrogen-bond acceptors (Lipinski definition) is 0. The maximum absolute atomic E-state index is 13.9. The molecule has 0 aliphatic heterocycles. The minimum absolute atomic E-state index is 0. The van der Waals surface area contributed by atoms with Crippen LogP contribution in [0.2, 0.25) is 0 Å². The topological polar surface area (TPSA) is 9.86 Å².